The van der Waals surface area contributed by atoms with Crippen LogP contribution >= 0.6 is 0 Å². The molecule has 0 aliphatic heterocycles. The van der Waals surface area contributed by atoms with E-state index in [0.29, 0.717) is 25.1 Å². The molecule has 0 saturated heterocycles. The number of aromatic nitrogens is 2. The molecule has 3 N–H and O–H groups in total. The van der Waals surface area contributed by atoms with Gasteiger partial charge in [0.15, 0.2) is 5.82 Å². The highest BCUT2D eigenvalue weighted by atomic mass is 16.5. The van der Waals surface area contributed by atoms with Crippen LogP contribution in [-0.2, 0) is 11.3 Å². The SMILES string of the molecule is CCNc1cc(NC2CCC(O)CC2)nc(COCC)n1. The van der Waals surface area contributed by atoms with E-state index in [1.54, 1.807) is 0 Å². The lowest BCUT2D eigenvalue weighted by Gasteiger charge is -2.26. The third kappa shape index (κ3) is 5.13. The van der Waals surface area contributed by atoms with Gasteiger partial charge in [0.05, 0.1) is 6.10 Å². The molecule has 0 radical (unpaired) electrons. The summed E-state index contributed by atoms with van der Waals surface area (Å²) >= 11 is 0. The lowest BCUT2D eigenvalue weighted by Crippen LogP contribution is -2.28. The van der Waals surface area contributed by atoms with Gasteiger partial charge in [-0.25, -0.2) is 9.97 Å². The second-order valence-electron chi connectivity index (χ2n) is 5.37. The fraction of sp³-hybridized carbons (Fsp3) is 0.733. The predicted molar refractivity (Wildman–Crippen MR) is 83.4 cm³/mol. The van der Waals surface area contributed by atoms with Gasteiger partial charge >= 0.3 is 0 Å². The number of hydrogen-bond acceptors (Lipinski definition) is 6. The minimum atomic E-state index is -0.140. The van der Waals surface area contributed by atoms with E-state index in [0.717, 1.165) is 43.9 Å². The predicted octanol–water partition coefficient (Wildman–Crippen LogP) is 2.16. The van der Waals surface area contributed by atoms with E-state index in [1.165, 1.54) is 0 Å². The third-order valence-corrected chi connectivity index (χ3v) is 3.61. The maximum absolute atomic E-state index is 9.57. The Hall–Kier alpha value is -1.40. The van der Waals surface area contributed by atoms with Gasteiger partial charge in [-0.3, -0.25) is 0 Å². The molecule has 21 heavy (non-hydrogen) atoms. The van der Waals surface area contributed by atoms with Crippen molar-refractivity contribution in [1.29, 1.82) is 0 Å². The monoisotopic (exact) mass is 294 g/mol. The van der Waals surface area contributed by atoms with Crippen LogP contribution in [0, 0.1) is 0 Å². The van der Waals surface area contributed by atoms with E-state index in [2.05, 4.69) is 20.6 Å². The lowest BCUT2D eigenvalue weighted by molar-refractivity contribution is 0.125. The quantitative estimate of drug-likeness (QED) is 0.715. The van der Waals surface area contributed by atoms with Gasteiger partial charge < -0.3 is 20.5 Å². The Morgan fingerprint density at radius 1 is 1.19 bits per heavy atom. The van der Waals surface area contributed by atoms with Gasteiger partial charge in [-0.1, -0.05) is 0 Å². The van der Waals surface area contributed by atoms with Gasteiger partial charge in [-0.2, -0.15) is 0 Å². The minimum Gasteiger partial charge on any atom is -0.393 e. The Bertz CT molecular complexity index is 434. The summed E-state index contributed by atoms with van der Waals surface area (Å²) in [6.07, 6.45) is 3.52. The van der Waals surface area contributed by atoms with Crippen molar-refractivity contribution < 1.29 is 9.84 Å². The molecule has 0 aromatic carbocycles. The van der Waals surface area contributed by atoms with Gasteiger partial charge in [-0.15, -0.1) is 0 Å². The van der Waals surface area contributed by atoms with Gasteiger partial charge in [0, 0.05) is 25.3 Å². The first-order valence-corrected chi connectivity index (χ1v) is 7.85. The number of nitrogens with zero attached hydrogens (tertiary/aromatic N) is 2. The van der Waals surface area contributed by atoms with Crippen molar-refractivity contribution in [1.82, 2.24) is 9.97 Å². The average Bonchev–Trinajstić information content (AvgIpc) is 2.48. The molecular formula is C15H26N4O2. The van der Waals surface area contributed by atoms with Gasteiger partial charge in [0.1, 0.15) is 18.2 Å². The molecule has 2 rings (SSSR count). The molecule has 1 heterocycles. The van der Waals surface area contributed by atoms with E-state index in [1.807, 2.05) is 19.9 Å². The van der Waals surface area contributed by atoms with Crippen molar-refractivity contribution in [3.05, 3.63) is 11.9 Å². The summed E-state index contributed by atoms with van der Waals surface area (Å²) in [5.41, 5.74) is 0. The van der Waals surface area contributed by atoms with E-state index in [9.17, 15) is 5.11 Å². The molecule has 6 heteroatoms. The zero-order valence-corrected chi connectivity index (χ0v) is 12.9. The second kappa shape index (κ2) is 8.14. The summed E-state index contributed by atoms with van der Waals surface area (Å²) in [6.45, 7) is 5.90. The van der Waals surface area contributed by atoms with E-state index >= 15 is 0 Å². The summed E-state index contributed by atoms with van der Waals surface area (Å²) in [4.78, 5) is 8.96. The molecule has 6 nitrogen and oxygen atoms in total. The van der Waals surface area contributed by atoms with Crippen LogP contribution < -0.4 is 10.6 Å². The molecule has 1 fully saturated rings. The molecule has 1 aromatic heterocycles. The number of hydrogen-bond donors (Lipinski definition) is 3. The van der Waals surface area contributed by atoms with Crippen molar-refractivity contribution in [2.75, 3.05) is 23.8 Å². The van der Waals surface area contributed by atoms with Gasteiger partial charge in [0.25, 0.3) is 0 Å². The van der Waals surface area contributed by atoms with Crippen molar-refractivity contribution >= 4 is 11.6 Å². The fourth-order valence-electron chi connectivity index (χ4n) is 2.53. The number of anilines is 2. The molecule has 1 aliphatic rings. The summed E-state index contributed by atoms with van der Waals surface area (Å²) in [6, 6.07) is 2.31. The van der Waals surface area contributed by atoms with Crippen LogP contribution in [-0.4, -0.2) is 40.4 Å². The van der Waals surface area contributed by atoms with Crippen LogP contribution in [0.15, 0.2) is 6.07 Å². The Morgan fingerprint density at radius 2 is 1.90 bits per heavy atom. The van der Waals surface area contributed by atoms with Crippen LogP contribution in [0.5, 0.6) is 0 Å². The summed E-state index contributed by atoms with van der Waals surface area (Å²) in [7, 11) is 0. The topological polar surface area (TPSA) is 79.3 Å². The Labute approximate surface area is 126 Å². The number of aliphatic hydroxyl groups excluding tert-OH is 1. The Balaban J connectivity index is 2.03. The number of rotatable bonds is 7. The van der Waals surface area contributed by atoms with E-state index in [4.69, 9.17) is 4.74 Å². The fourth-order valence-corrected chi connectivity index (χ4v) is 2.53. The van der Waals surface area contributed by atoms with Gasteiger partial charge in [0.2, 0.25) is 0 Å². The third-order valence-electron chi connectivity index (χ3n) is 3.61. The number of nitrogens with one attached hydrogen (secondary N) is 2. The standard InChI is InChI=1S/C15H26N4O2/c1-3-16-13-9-14(19-15(18-13)10-21-4-2)17-11-5-7-12(20)8-6-11/h9,11-12,20H,3-8,10H2,1-2H3,(H2,16,17,18,19). The van der Waals surface area contributed by atoms with Crippen LogP contribution in [0.3, 0.4) is 0 Å². The zero-order valence-electron chi connectivity index (χ0n) is 12.9. The molecule has 118 valence electrons. The molecule has 1 aromatic rings. The first-order valence-electron chi connectivity index (χ1n) is 7.85. The van der Waals surface area contributed by atoms with Crippen molar-refractivity contribution in [3.63, 3.8) is 0 Å². The molecule has 0 bridgehead atoms. The highest BCUT2D eigenvalue weighted by Gasteiger charge is 2.19. The van der Waals surface area contributed by atoms with Crippen LogP contribution in [0.2, 0.25) is 0 Å². The maximum Gasteiger partial charge on any atom is 0.158 e. The van der Waals surface area contributed by atoms with Crippen LogP contribution in [0.4, 0.5) is 11.6 Å². The first-order chi connectivity index (χ1) is 10.2. The van der Waals surface area contributed by atoms with E-state index in [-0.39, 0.29) is 6.10 Å². The first kappa shape index (κ1) is 16.0. The molecule has 1 aliphatic carbocycles. The molecule has 0 spiro atoms. The van der Waals surface area contributed by atoms with Crippen molar-refractivity contribution in [2.24, 2.45) is 0 Å². The summed E-state index contributed by atoms with van der Waals surface area (Å²) < 4.78 is 5.40. The molecule has 0 unspecified atom stereocenters. The molecular weight excluding hydrogens is 268 g/mol. The maximum atomic E-state index is 9.57. The number of aliphatic hydroxyl groups is 1. The highest BCUT2D eigenvalue weighted by Crippen LogP contribution is 2.22. The summed E-state index contributed by atoms with van der Waals surface area (Å²) in [5, 5.41) is 16.3. The zero-order chi connectivity index (χ0) is 15.1. The Kier molecular flexibility index (Phi) is 6.20. The lowest BCUT2D eigenvalue weighted by atomic mass is 9.93. The molecule has 1 saturated carbocycles. The average molecular weight is 294 g/mol. The second-order valence-corrected chi connectivity index (χ2v) is 5.37. The normalized spacial score (nSPS) is 22.0. The van der Waals surface area contributed by atoms with E-state index < -0.39 is 0 Å². The van der Waals surface area contributed by atoms with Crippen LogP contribution in [0.1, 0.15) is 45.4 Å². The molecule has 0 atom stereocenters. The highest BCUT2D eigenvalue weighted by molar-refractivity contribution is 5.48. The largest absolute Gasteiger partial charge is 0.393 e. The van der Waals surface area contributed by atoms with Crippen LogP contribution in [0.25, 0.3) is 0 Å². The molecule has 0 amide bonds. The van der Waals surface area contributed by atoms with Crippen molar-refractivity contribution in [3.8, 4) is 0 Å². The smallest absolute Gasteiger partial charge is 0.158 e. The minimum absolute atomic E-state index is 0.140. The Morgan fingerprint density at radius 3 is 2.57 bits per heavy atom. The summed E-state index contributed by atoms with van der Waals surface area (Å²) in [5.74, 6) is 2.34. The van der Waals surface area contributed by atoms with Crippen molar-refractivity contribution in [2.45, 2.75) is 58.3 Å². The van der Waals surface area contributed by atoms with Gasteiger partial charge in [-0.05, 0) is 39.5 Å². The number of ether oxygens (including phenoxy) is 1.